The molecule has 2 aliphatic rings. The fourth-order valence-electron chi connectivity index (χ4n) is 6.06. The Balaban J connectivity index is 1.39. The highest BCUT2D eigenvalue weighted by Crippen LogP contribution is 2.47. The Morgan fingerprint density at radius 3 is 2.71 bits per heavy atom. The van der Waals surface area contributed by atoms with Crippen molar-refractivity contribution < 1.29 is 9.90 Å². The number of fused-ring (bicyclic) bond motifs is 2. The Labute approximate surface area is 209 Å². The summed E-state index contributed by atoms with van der Waals surface area (Å²) in [4.78, 5) is 25.3. The van der Waals surface area contributed by atoms with E-state index < -0.39 is 5.60 Å². The first-order valence-electron chi connectivity index (χ1n) is 12.2. The summed E-state index contributed by atoms with van der Waals surface area (Å²) in [6.45, 7) is 0.479. The van der Waals surface area contributed by atoms with Crippen LogP contribution < -0.4 is 0 Å². The Hall–Kier alpha value is -3.22. The summed E-state index contributed by atoms with van der Waals surface area (Å²) in [5, 5.41) is 12.5. The molecule has 178 valence electrons. The molecule has 1 aliphatic heterocycles. The first-order valence-corrected chi connectivity index (χ1v) is 12.6. The SMILES string of the molecule is O=C(c1nc(-c2cccc(Cl)c2)c2ncccn12)N1CC[C@](O)(c2ccccc2)[C@H]2CCCC[C@H]21. The van der Waals surface area contributed by atoms with E-state index in [1.54, 1.807) is 16.7 Å². The Bertz CT molecular complexity index is 1390. The van der Waals surface area contributed by atoms with Gasteiger partial charge in [-0.25, -0.2) is 9.97 Å². The molecule has 2 fully saturated rings. The highest BCUT2D eigenvalue weighted by Gasteiger charge is 2.50. The predicted molar refractivity (Wildman–Crippen MR) is 135 cm³/mol. The number of hydrogen-bond acceptors (Lipinski definition) is 4. The summed E-state index contributed by atoms with van der Waals surface area (Å²) in [5.74, 6) is 0.221. The second-order valence-corrected chi connectivity index (χ2v) is 10.0. The van der Waals surface area contributed by atoms with E-state index in [1.807, 2.05) is 65.7 Å². The van der Waals surface area contributed by atoms with Crippen LogP contribution in [0.25, 0.3) is 16.9 Å². The molecule has 3 heterocycles. The minimum atomic E-state index is -0.925. The third-order valence-corrected chi connectivity index (χ3v) is 7.94. The molecule has 7 heteroatoms. The number of carbonyl (C=O) groups excluding carboxylic acids is 1. The molecule has 2 aromatic heterocycles. The summed E-state index contributed by atoms with van der Waals surface area (Å²) in [6, 6.07) is 19.2. The molecule has 2 aromatic carbocycles. The summed E-state index contributed by atoms with van der Waals surface area (Å²) < 4.78 is 1.77. The van der Waals surface area contributed by atoms with Gasteiger partial charge in [-0.15, -0.1) is 0 Å². The molecule has 1 saturated heterocycles. The van der Waals surface area contributed by atoms with Gasteiger partial charge < -0.3 is 10.0 Å². The van der Waals surface area contributed by atoms with Crippen LogP contribution in [-0.4, -0.2) is 42.9 Å². The Morgan fingerprint density at radius 2 is 1.89 bits per heavy atom. The van der Waals surface area contributed by atoms with Gasteiger partial charge >= 0.3 is 0 Å². The number of rotatable bonds is 3. The average Bonchev–Trinajstić information content (AvgIpc) is 3.29. The minimum absolute atomic E-state index is 0.00639. The summed E-state index contributed by atoms with van der Waals surface area (Å²) >= 11 is 6.24. The second kappa shape index (κ2) is 8.77. The molecule has 1 aliphatic carbocycles. The van der Waals surface area contributed by atoms with E-state index in [2.05, 4.69) is 4.98 Å². The van der Waals surface area contributed by atoms with Crippen molar-refractivity contribution in [2.75, 3.05) is 6.54 Å². The zero-order valence-electron chi connectivity index (χ0n) is 19.3. The van der Waals surface area contributed by atoms with Crippen LogP contribution in [0, 0.1) is 5.92 Å². The number of imidazole rings is 1. The van der Waals surface area contributed by atoms with Crippen molar-refractivity contribution in [1.29, 1.82) is 0 Å². The maximum atomic E-state index is 14.0. The van der Waals surface area contributed by atoms with Crippen LogP contribution in [0.15, 0.2) is 73.1 Å². The van der Waals surface area contributed by atoms with E-state index in [-0.39, 0.29) is 17.9 Å². The van der Waals surface area contributed by atoms with E-state index in [1.165, 1.54) is 0 Å². The van der Waals surface area contributed by atoms with Crippen molar-refractivity contribution >= 4 is 23.2 Å². The van der Waals surface area contributed by atoms with Crippen LogP contribution in [0.2, 0.25) is 5.02 Å². The third kappa shape index (κ3) is 3.72. The largest absolute Gasteiger partial charge is 0.385 e. The predicted octanol–water partition coefficient (Wildman–Crippen LogP) is 5.34. The van der Waals surface area contributed by atoms with Gasteiger partial charge in [-0.2, -0.15) is 0 Å². The number of carbonyl (C=O) groups is 1. The summed E-state index contributed by atoms with van der Waals surface area (Å²) in [6.07, 6.45) is 7.94. The highest BCUT2D eigenvalue weighted by atomic mass is 35.5. The fourth-order valence-corrected chi connectivity index (χ4v) is 6.25. The molecule has 0 spiro atoms. The zero-order valence-corrected chi connectivity index (χ0v) is 20.1. The standard InChI is InChI=1S/C28H27ClN4O2/c29-21-11-6-8-19(18-21)24-25-30-15-7-16-33(25)26(31-24)27(34)32-17-14-28(35,20-9-2-1-3-10-20)22-12-4-5-13-23(22)32/h1-3,6-11,15-16,18,22-23,35H,4-5,12-14,17H2/t22-,23+,28-/m0/s1. The van der Waals surface area contributed by atoms with Gasteiger partial charge in [0.15, 0.2) is 5.65 Å². The van der Waals surface area contributed by atoms with E-state index in [9.17, 15) is 9.90 Å². The van der Waals surface area contributed by atoms with Gasteiger partial charge in [0, 0.05) is 41.5 Å². The highest BCUT2D eigenvalue weighted by molar-refractivity contribution is 6.30. The molecule has 6 nitrogen and oxygen atoms in total. The van der Waals surface area contributed by atoms with Gasteiger partial charge in [-0.3, -0.25) is 9.20 Å². The normalized spacial score (nSPS) is 24.3. The second-order valence-electron chi connectivity index (χ2n) is 9.60. The van der Waals surface area contributed by atoms with Gasteiger partial charge in [0.1, 0.15) is 5.69 Å². The van der Waals surface area contributed by atoms with Crippen LogP contribution >= 0.6 is 11.6 Å². The van der Waals surface area contributed by atoms with E-state index in [0.717, 1.165) is 36.8 Å². The number of hydrogen-bond donors (Lipinski definition) is 1. The van der Waals surface area contributed by atoms with Gasteiger partial charge in [0.2, 0.25) is 5.82 Å². The molecule has 35 heavy (non-hydrogen) atoms. The number of benzene rings is 2. The first kappa shape index (κ1) is 22.3. The van der Waals surface area contributed by atoms with Crippen molar-refractivity contribution in [2.45, 2.75) is 43.7 Å². The lowest BCUT2D eigenvalue weighted by Gasteiger charge is -2.52. The fraction of sp³-hybridized carbons (Fsp3) is 0.321. The molecule has 0 radical (unpaired) electrons. The van der Waals surface area contributed by atoms with Crippen LogP contribution in [0.4, 0.5) is 0 Å². The quantitative estimate of drug-likeness (QED) is 0.424. The maximum Gasteiger partial charge on any atom is 0.290 e. The number of nitrogens with zero attached hydrogens (tertiary/aromatic N) is 4. The number of aliphatic hydroxyl groups is 1. The number of piperidine rings is 1. The smallest absolute Gasteiger partial charge is 0.290 e. The molecule has 0 bridgehead atoms. The van der Waals surface area contributed by atoms with Crippen LogP contribution in [0.3, 0.4) is 0 Å². The lowest BCUT2D eigenvalue weighted by atomic mass is 9.66. The van der Waals surface area contributed by atoms with Gasteiger partial charge in [0.25, 0.3) is 5.91 Å². The molecular formula is C28H27ClN4O2. The molecule has 4 aromatic rings. The summed E-state index contributed by atoms with van der Waals surface area (Å²) in [7, 11) is 0. The number of aromatic nitrogens is 3. The number of amides is 1. The van der Waals surface area contributed by atoms with Gasteiger partial charge in [0.05, 0.1) is 5.60 Å². The van der Waals surface area contributed by atoms with Crippen molar-refractivity contribution in [2.24, 2.45) is 5.92 Å². The van der Waals surface area contributed by atoms with Crippen molar-refractivity contribution in [3.8, 4) is 11.3 Å². The average molecular weight is 487 g/mol. The number of likely N-dealkylation sites (tertiary alicyclic amines) is 1. The topological polar surface area (TPSA) is 70.7 Å². The monoisotopic (exact) mass is 486 g/mol. The van der Waals surface area contributed by atoms with Crippen LogP contribution in [0.1, 0.15) is 48.3 Å². The van der Waals surface area contributed by atoms with Gasteiger partial charge in [-0.1, -0.05) is 66.9 Å². The van der Waals surface area contributed by atoms with Crippen molar-refractivity contribution in [3.05, 3.63) is 89.5 Å². The van der Waals surface area contributed by atoms with Crippen LogP contribution in [0.5, 0.6) is 0 Å². The molecule has 1 amide bonds. The maximum absolute atomic E-state index is 14.0. The lowest BCUT2D eigenvalue weighted by molar-refractivity contribution is -0.110. The first-order chi connectivity index (χ1) is 17.1. The molecule has 3 atom stereocenters. The summed E-state index contributed by atoms with van der Waals surface area (Å²) in [5.41, 5.74) is 2.10. The molecule has 0 unspecified atom stereocenters. The van der Waals surface area contributed by atoms with Crippen molar-refractivity contribution in [1.82, 2.24) is 19.3 Å². The van der Waals surface area contributed by atoms with Gasteiger partial charge in [-0.05, 0) is 43.0 Å². The number of halogens is 1. The molecule has 1 saturated carbocycles. The minimum Gasteiger partial charge on any atom is -0.385 e. The third-order valence-electron chi connectivity index (χ3n) is 7.70. The molecular weight excluding hydrogens is 460 g/mol. The zero-order chi connectivity index (χ0) is 24.0. The molecule has 6 rings (SSSR count). The van der Waals surface area contributed by atoms with E-state index in [4.69, 9.17) is 16.6 Å². The van der Waals surface area contributed by atoms with Crippen molar-refractivity contribution in [3.63, 3.8) is 0 Å². The van der Waals surface area contributed by atoms with Crippen LogP contribution in [-0.2, 0) is 5.60 Å². The lowest BCUT2D eigenvalue weighted by Crippen LogP contribution is -2.59. The molecule has 1 N–H and O–H groups in total. The van der Waals surface area contributed by atoms with E-state index in [0.29, 0.717) is 35.2 Å². The van der Waals surface area contributed by atoms with E-state index >= 15 is 0 Å². The Morgan fingerprint density at radius 1 is 1.06 bits per heavy atom. The Kier molecular flexibility index (Phi) is 5.58.